The van der Waals surface area contributed by atoms with E-state index in [0.29, 0.717) is 18.2 Å². The summed E-state index contributed by atoms with van der Waals surface area (Å²) >= 11 is 0. The van der Waals surface area contributed by atoms with Gasteiger partial charge in [0, 0.05) is 6.04 Å². The molecule has 1 heterocycles. The van der Waals surface area contributed by atoms with Crippen molar-refractivity contribution in [1.29, 1.82) is 0 Å². The predicted octanol–water partition coefficient (Wildman–Crippen LogP) is 2.97. The van der Waals surface area contributed by atoms with E-state index in [0.717, 1.165) is 17.8 Å². The van der Waals surface area contributed by atoms with Crippen molar-refractivity contribution in [2.24, 2.45) is 17.8 Å². The average Bonchev–Trinajstić information content (AvgIpc) is 2.86. The van der Waals surface area contributed by atoms with Gasteiger partial charge in [-0.1, -0.05) is 6.42 Å². The number of fused-ring (bicyclic) bond motifs is 2. The lowest BCUT2D eigenvalue weighted by molar-refractivity contribution is -0.0426. The summed E-state index contributed by atoms with van der Waals surface area (Å²) in [6, 6.07) is 0.702. The van der Waals surface area contributed by atoms with Gasteiger partial charge in [-0.2, -0.15) is 0 Å². The molecule has 2 heteroatoms. The highest BCUT2D eigenvalue weighted by Crippen LogP contribution is 2.48. The Morgan fingerprint density at radius 1 is 1.00 bits per heavy atom. The smallest absolute Gasteiger partial charge is 0.0565 e. The van der Waals surface area contributed by atoms with Crippen LogP contribution in [0.2, 0.25) is 0 Å². The first-order chi connectivity index (χ1) is 8.20. The highest BCUT2D eigenvalue weighted by Gasteiger charge is 2.39. The quantitative estimate of drug-likeness (QED) is 0.815. The molecule has 3 fully saturated rings. The third-order valence-electron chi connectivity index (χ3n) is 5.25. The van der Waals surface area contributed by atoms with E-state index in [1.807, 2.05) is 0 Å². The predicted molar refractivity (Wildman–Crippen MR) is 70.0 cm³/mol. The lowest BCUT2D eigenvalue weighted by Gasteiger charge is -2.34. The van der Waals surface area contributed by atoms with Crippen molar-refractivity contribution in [2.75, 3.05) is 6.54 Å². The van der Waals surface area contributed by atoms with Gasteiger partial charge in [-0.05, 0) is 70.3 Å². The molecule has 5 unspecified atom stereocenters. The fourth-order valence-corrected chi connectivity index (χ4v) is 4.52. The maximum atomic E-state index is 5.80. The van der Waals surface area contributed by atoms with Gasteiger partial charge in [0.05, 0.1) is 12.2 Å². The summed E-state index contributed by atoms with van der Waals surface area (Å²) in [4.78, 5) is 0. The van der Waals surface area contributed by atoms with Crippen LogP contribution in [0.4, 0.5) is 0 Å². The summed E-state index contributed by atoms with van der Waals surface area (Å²) in [7, 11) is 0. The molecule has 3 aliphatic rings. The molecule has 0 aromatic carbocycles. The molecule has 0 radical (unpaired) electrons. The molecule has 2 nitrogen and oxygen atoms in total. The molecule has 5 atom stereocenters. The number of ether oxygens (including phenoxy) is 1. The molecule has 1 N–H and O–H groups in total. The molecule has 98 valence electrons. The second kappa shape index (κ2) is 4.89. The maximum Gasteiger partial charge on any atom is 0.0565 e. The zero-order chi connectivity index (χ0) is 11.8. The van der Waals surface area contributed by atoms with Gasteiger partial charge in [-0.3, -0.25) is 0 Å². The van der Waals surface area contributed by atoms with Crippen LogP contribution in [0.15, 0.2) is 0 Å². The maximum absolute atomic E-state index is 5.80. The third kappa shape index (κ3) is 2.68. The Bertz CT molecular complexity index is 258. The molecule has 17 heavy (non-hydrogen) atoms. The van der Waals surface area contributed by atoms with E-state index in [1.165, 1.54) is 45.1 Å². The van der Waals surface area contributed by atoms with E-state index < -0.39 is 0 Å². The van der Waals surface area contributed by atoms with Crippen LogP contribution in [0, 0.1) is 17.8 Å². The topological polar surface area (TPSA) is 21.3 Å². The van der Waals surface area contributed by atoms with Gasteiger partial charge in [-0.15, -0.1) is 0 Å². The molecular weight excluding hydrogens is 210 g/mol. The van der Waals surface area contributed by atoms with Crippen LogP contribution in [-0.2, 0) is 4.74 Å². The van der Waals surface area contributed by atoms with Gasteiger partial charge in [0.25, 0.3) is 0 Å². The van der Waals surface area contributed by atoms with Crippen molar-refractivity contribution in [3.63, 3.8) is 0 Å². The fourth-order valence-electron chi connectivity index (χ4n) is 4.52. The lowest BCUT2D eigenvalue weighted by atomic mass is 9.88. The van der Waals surface area contributed by atoms with Gasteiger partial charge in [0.1, 0.15) is 0 Å². The van der Waals surface area contributed by atoms with E-state index in [9.17, 15) is 0 Å². The minimum Gasteiger partial charge on any atom is -0.375 e. The van der Waals surface area contributed by atoms with Gasteiger partial charge in [0.15, 0.2) is 0 Å². The normalized spacial score (nSPS) is 49.8. The Kier molecular flexibility index (Phi) is 3.45. The van der Waals surface area contributed by atoms with Crippen molar-refractivity contribution in [1.82, 2.24) is 5.32 Å². The molecular formula is C15H27NO. The van der Waals surface area contributed by atoms with Crippen LogP contribution in [0.3, 0.4) is 0 Å². The zero-order valence-corrected chi connectivity index (χ0v) is 11.3. The second-order valence-electron chi connectivity index (χ2n) is 6.77. The monoisotopic (exact) mass is 237 g/mol. The summed E-state index contributed by atoms with van der Waals surface area (Å²) in [5.74, 6) is 3.13. The number of nitrogens with one attached hydrogen (secondary N) is 1. The van der Waals surface area contributed by atoms with Crippen molar-refractivity contribution in [3.05, 3.63) is 0 Å². The number of rotatable bonds is 3. The summed E-state index contributed by atoms with van der Waals surface area (Å²) < 4.78 is 5.80. The Morgan fingerprint density at radius 3 is 2.35 bits per heavy atom. The van der Waals surface area contributed by atoms with Crippen LogP contribution < -0.4 is 5.32 Å². The minimum atomic E-state index is 0.441. The first kappa shape index (κ1) is 12.0. The standard InChI is InChI=1S/C15H27NO/c1-10-5-15(6-11(2)17-10)16-9-14-8-12-3-4-13(14)7-12/h10-16H,3-9H2,1-2H3. The lowest BCUT2D eigenvalue weighted by Crippen LogP contribution is -2.43. The van der Waals surface area contributed by atoms with Crippen LogP contribution in [0.5, 0.6) is 0 Å². The summed E-state index contributed by atoms with van der Waals surface area (Å²) in [5.41, 5.74) is 0. The fraction of sp³-hybridized carbons (Fsp3) is 1.00. The highest BCUT2D eigenvalue weighted by molar-refractivity contribution is 4.91. The van der Waals surface area contributed by atoms with E-state index in [4.69, 9.17) is 4.74 Å². The third-order valence-corrected chi connectivity index (χ3v) is 5.25. The van der Waals surface area contributed by atoms with Gasteiger partial charge >= 0.3 is 0 Å². The molecule has 2 aliphatic carbocycles. The van der Waals surface area contributed by atoms with Crippen LogP contribution >= 0.6 is 0 Å². The zero-order valence-electron chi connectivity index (χ0n) is 11.3. The minimum absolute atomic E-state index is 0.441. The van der Waals surface area contributed by atoms with Crippen molar-refractivity contribution < 1.29 is 4.74 Å². The SMILES string of the molecule is CC1CC(NCC2CC3CCC2C3)CC(C)O1. The number of hydrogen-bond donors (Lipinski definition) is 1. The Labute approximate surface area is 105 Å². The van der Waals surface area contributed by atoms with Crippen LogP contribution in [-0.4, -0.2) is 24.8 Å². The average molecular weight is 237 g/mol. The molecule has 0 amide bonds. The Hall–Kier alpha value is -0.0800. The van der Waals surface area contributed by atoms with E-state index in [2.05, 4.69) is 19.2 Å². The van der Waals surface area contributed by atoms with Crippen molar-refractivity contribution >= 4 is 0 Å². The second-order valence-corrected chi connectivity index (χ2v) is 6.77. The van der Waals surface area contributed by atoms with E-state index in [1.54, 1.807) is 0 Å². The molecule has 1 saturated heterocycles. The molecule has 0 spiro atoms. The largest absolute Gasteiger partial charge is 0.375 e. The summed E-state index contributed by atoms with van der Waals surface area (Å²) in [5, 5.41) is 3.83. The molecule has 1 aliphatic heterocycles. The van der Waals surface area contributed by atoms with Gasteiger partial charge in [-0.25, -0.2) is 0 Å². The highest BCUT2D eigenvalue weighted by atomic mass is 16.5. The van der Waals surface area contributed by atoms with Crippen LogP contribution in [0.25, 0.3) is 0 Å². The summed E-state index contributed by atoms with van der Waals surface area (Å²) in [6.45, 7) is 5.69. The molecule has 0 aromatic heterocycles. The molecule has 0 aromatic rings. The van der Waals surface area contributed by atoms with Gasteiger partial charge < -0.3 is 10.1 Å². The Morgan fingerprint density at radius 2 is 1.76 bits per heavy atom. The van der Waals surface area contributed by atoms with E-state index >= 15 is 0 Å². The molecule has 3 rings (SSSR count). The summed E-state index contributed by atoms with van der Waals surface area (Å²) in [6.07, 6.45) is 9.35. The van der Waals surface area contributed by atoms with Crippen molar-refractivity contribution in [3.8, 4) is 0 Å². The first-order valence-corrected chi connectivity index (χ1v) is 7.59. The first-order valence-electron chi connectivity index (χ1n) is 7.59. The molecule has 2 bridgehead atoms. The number of hydrogen-bond acceptors (Lipinski definition) is 2. The Balaban J connectivity index is 1.45. The van der Waals surface area contributed by atoms with Gasteiger partial charge in [0.2, 0.25) is 0 Å². The van der Waals surface area contributed by atoms with Crippen LogP contribution in [0.1, 0.15) is 52.4 Å². The van der Waals surface area contributed by atoms with Crippen molar-refractivity contribution in [2.45, 2.75) is 70.6 Å². The molecule has 2 saturated carbocycles. The van der Waals surface area contributed by atoms with E-state index in [-0.39, 0.29) is 0 Å².